The monoisotopic (exact) mass is 222 g/mol. The van der Waals surface area contributed by atoms with E-state index in [1.807, 2.05) is 32.9 Å². The van der Waals surface area contributed by atoms with Crippen LogP contribution in [0, 0.1) is 6.92 Å². The minimum Gasteiger partial charge on any atom is -0.493 e. The second-order valence-corrected chi connectivity index (χ2v) is 3.07. The third-order valence-corrected chi connectivity index (χ3v) is 2.25. The molecule has 0 amide bonds. The van der Waals surface area contributed by atoms with E-state index in [1.54, 1.807) is 14.2 Å². The number of hydrogen-bond donors (Lipinski definition) is 1. The minimum absolute atomic E-state index is 0.700. The summed E-state index contributed by atoms with van der Waals surface area (Å²) in [6.45, 7) is 5.97. The van der Waals surface area contributed by atoms with Gasteiger partial charge in [-0.25, -0.2) is 0 Å². The molecule has 0 saturated carbocycles. The van der Waals surface area contributed by atoms with Gasteiger partial charge in [0.15, 0.2) is 11.5 Å². The first kappa shape index (κ1) is 12.4. The summed E-state index contributed by atoms with van der Waals surface area (Å²) in [5.41, 5.74) is 1.92. The van der Waals surface area contributed by atoms with Gasteiger partial charge in [-0.15, -0.1) is 0 Å². The highest BCUT2D eigenvalue weighted by atomic mass is 16.5. The molecule has 2 rings (SSSR count). The van der Waals surface area contributed by atoms with Crippen molar-refractivity contribution >= 4 is 10.9 Å². The van der Waals surface area contributed by atoms with Crippen molar-refractivity contribution in [2.45, 2.75) is 20.8 Å². The molecule has 88 valence electrons. The number of aromatic nitrogens is 2. The van der Waals surface area contributed by atoms with Gasteiger partial charge in [0.1, 0.15) is 0 Å². The number of rotatable bonds is 2. The van der Waals surface area contributed by atoms with E-state index >= 15 is 0 Å². The quantitative estimate of drug-likeness (QED) is 0.849. The molecular formula is C12H18N2O2. The van der Waals surface area contributed by atoms with Crippen LogP contribution in [0.15, 0.2) is 12.1 Å². The van der Waals surface area contributed by atoms with Gasteiger partial charge in [-0.3, -0.25) is 5.10 Å². The van der Waals surface area contributed by atoms with Gasteiger partial charge in [0.2, 0.25) is 0 Å². The molecule has 0 saturated heterocycles. The van der Waals surface area contributed by atoms with Crippen molar-refractivity contribution in [3.8, 4) is 11.5 Å². The Labute approximate surface area is 95.6 Å². The lowest BCUT2D eigenvalue weighted by molar-refractivity contribution is 0.356. The molecule has 0 atom stereocenters. The summed E-state index contributed by atoms with van der Waals surface area (Å²) in [7, 11) is 3.24. The van der Waals surface area contributed by atoms with Crippen LogP contribution in [-0.2, 0) is 0 Å². The van der Waals surface area contributed by atoms with Crippen molar-refractivity contribution in [3.63, 3.8) is 0 Å². The predicted octanol–water partition coefficient (Wildman–Crippen LogP) is 2.91. The maximum atomic E-state index is 5.20. The molecule has 0 aliphatic rings. The van der Waals surface area contributed by atoms with E-state index in [4.69, 9.17) is 9.47 Å². The van der Waals surface area contributed by atoms with Crippen LogP contribution in [0.1, 0.15) is 19.5 Å². The van der Waals surface area contributed by atoms with Crippen LogP contribution in [0.4, 0.5) is 0 Å². The van der Waals surface area contributed by atoms with Crippen LogP contribution in [0.3, 0.4) is 0 Å². The first-order valence-electron chi connectivity index (χ1n) is 5.33. The summed E-state index contributed by atoms with van der Waals surface area (Å²) >= 11 is 0. The van der Waals surface area contributed by atoms with Crippen molar-refractivity contribution in [1.29, 1.82) is 0 Å². The van der Waals surface area contributed by atoms with Gasteiger partial charge in [0, 0.05) is 17.1 Å². The Morgan fingerprint density at radius 2 is 1.62 bits per heavy atom. The average Bonchev–Trinajstić information content (AvgIpc) is 2.71. The summed E-state index contributed by atoms with van der Waals surface area (Å²) < 4.78 is 10.4. The standard InChI is InChI=1S/C10H12N2O2.C2H6/c1-6-7-4-9(13-2)10(14-3)5-8(7)12-11-6;1-2/h4-5H,1-3H3,(H,11,12);1-2H3. The summed E-state index contributed by atoms with van der Waals surface area (Å²) in [6, 6.07) is 3.78. The lowest BCUT2D eigenvalue weighted by atomic mass is 10.2. The highest BCUT2D eigenvalue weighted by Gasteiger charge is 2.08. The number of aromatic amines is 1. The molecule has 1 heterocycles. The van der Waals surface area contributed by atoms with Crippen LogP contribution in [0.2, 0.25) is 0 Å². The Kier molecular flexibility index (Phi) is 4.17. The number of fused-ring (bicyclic) bond motifs is 1. The van der Waals surface area contributed by atoms with E-state index < -0.39 is 0 Å². The molecule has 0 aliphatic carbocycles. The first-order chi connectivity index (χ1) is 7.76. The zero-order valence-corrected chi connectivity index (χ0v) is 10.4. The maximum Gasteiger partial charge on any atom is 0.162 e. The van der Waals surface area contributed by atoms with E-state index in [2.05, 4.69) is 10.2 Å². The number of nitrogens with one attached hydrogen (secondary N) is 1. The molecule has 1 N–H and O–H groups in total. The summed E-state index contributed by atoms with van der Waals surface area (Å²) in [6.07, 6.45) is 0. The molecule has 2 aromatic rings. The molecule has 0 fully saturated rings. The van der Waals surface area contributed by atoms with Gasteiger partial charge in [-0.05, 0) is 13.0 Å². The number of methoxy groups -OCH3 is 2. The molecule has 4 heteroatoms. The predicted molar refractivity (Wildman–Crippen MR) is 65.3 cm³/mol. The van der Waals surface area contributed by atoms with Crippen LogP contribution in [-0.4, -0.2) is 24.4 Å². The largest absolute Gasteiger partial charge is 0.493 e. The molecule has 16 heavy (non-hydrogen) atoms. The van der Waals surface area contributed by atoms with E-state index in [1.165, 1.54) is 0 Å². The van der Waals surface area contributed by atoms with Crippen molar-refractivity contribution in [2.75, 3.05) is 14.2 Å². The Morgan fingerprint density at radius 3 is 2.19 bits per heavy atom. The Bertz CT molecular complexity index is 463. The van der Waals surface area contributed by atoms with E-state index in [9.17, 15) is 0 Å². The van der Waals surface area contributed by atoms with Gasteiger partial charge in [-0.2, -0.15) is 5.10 Å². The van der Waals surface area contributed by atoms with Crippen molar-refractivity contribution in [2.24, 2.45) is 0 Å². The van der Waals surface area contributed by atoms with Crippen molar-refractivity contribution in [1.82, 2.24) is 10.2 Å². The lowest BCUT2D eigenvalue weighted by Crippen LogP contribution is -1.90. The van der Waals surface area contributed by atoms with Gasteiger partial charge in [0.25, 0.3) is 0 Å². The van der Waals surface area contributed by atoms with Gasteiger partial charge in [0.05, 0.1) is 19.7 Å². The van der Waals surface area contributed by atoms with Gasteiger partial charge in [-0.1, -0.05) is 13.8 Å². The fourth-order valence-corrected chi connectivity index (χ4v) is 1.47. The SMILES string of the molecule is CC.COc1cc2n[nH]c(C)c2cc1OC. The second-order valence-electron chi connectivity index (χ2n) is 3.07. The van der Waals surface area contributed by atoms with Crippen molar-refractivity contribution < 1.29 is 9.47 Å². The van der Waals surface area contributed by atoms with Crippen LogP contribution in [0.5, 0.6) is 11.5 Å². The molecule has 0 spiro atoms. The van der Waals surface area contributed by atoms with Gasteiger partial charge >= 0.3 is 0 Å². The molecule has 4 nitrogen and oxygen atoms in total. The Morgan fingerprint density at radius 1 is 1.06 bits per heavy atom. The zero-order chi connectivity index (χ0) is 12.1. The molecular weight excluding hydrogens is 204 g/mol. The summed E-state index contributed by atoms with van der Waals surface area (Å²) in [5.74, 6) is 1.43. The number of benzene rings is 1. The third-order valence-electron chi connectivity index (χ3n) is 2.25. The smallest absolute Gasteiger partial charge is 0.162 e. The van der Waals surface area contributed by atoms with E-state index in [0.717, 1.165) is 22.3 Å². The molecule has 0 radical (unpaired) electrons. The topological polar surface area (TPSA) is 47.1 Å². The van der Waals surface area contributed by atoms with E-state index in [-0.39, 0.29) is 0 Å². The number of ether oxygens (including phenoxy) is 2. The Balaban J connectivity index is 0.000000606. The number of nitrogens with zero attached hydrogens (tertiary/aromatic N) is 1. The average molecular weight is 222 g/mol. The molecule has 0 bridgehead atoms. The summed E-state index contributed by atoms with van der Waals surface area (Å²) in [5, 5.41) is 8.12. The fraction of sp³-hybridized carbons (Fsp3) is 0.417. The Hall–Kier alpha value is -1.71. The van der Waals surface area contributed by atoms with Crippen LogP contribution < -0.4 is 9.47 Å². The maximum absolute atomic E-state index is 5.20. The number of H-pyrrole nitrogens is 1. The fourth-order valence-electron chi connectivity index (χ4n) is 1.47. The normalized spacial score (nSPS) is 9.56. The highest BCUT2D eigenvalue weighted by molar-refractivity contribution is 5.84. The highest BCUT2D eigenvalue weighted by Crippen LogP contribution is 2.32. The zero-order valence-electron chi connectivity index (χ0n) is 10.4. The van der Waals surface area contributed by atoms with Crippen LogP contribution >= 0.6 is 0 Å². The lowest BCUT2D eigenvalue weighted by Gasteiger charge is -2.06. The molecule has 1 aromatic carbocycles. The molecule has 0 aliphatic heterocycles. The second kappa shape index (κ2) is 5.39. The number of hydrogen-bond acceptors (Lipinski definition) is 3. The molecule has 0 unspecified atom stereocenters. The van der Waals surface area contributed by atoms with Crippen LogP contribution in [0.25, 0.3) is 10.9 Å². The first-order valence-corrected chi connectivity index (χ1v) is 5.33. The summed E-state index contributed by atoms with van der Waals surface area (Å²) in [4.78, 5) is 0. The number of aryl methyl sites for hydroxylation is 1. The van der Waals surface area contributed by atoms with Crippen molar-refractivity contribution in [3.05, 3.63) is 17.8 Å². The molecule has 1 aromatic heterocycles. The van der Waals surface area contributed by atoms with E-state index in [0.29, 0.717) is 5.75 Å². The third kappa shape index (κ3) is 2.10. The minimum atomic E-state index is 0.700. The van der Waals surface area contributed by atoms with Gasteiger partial charge < -0.3 is 9.47 Å².